The van der Waals surface area contributed by atoms with Crippen LogP contribution in [-0.2, 0) is 19.7 Å². The summed E-state index contributed by atoms with van der Waals surface area (Å²) in [5.74, 6) is -0.809. The predicted molar refractivity (Wildman–Crippen MR) is 82.1 cm³/mol. The lowest BCUT2D eigenvalue weighted by molar-refractivity contribution is -0.142. The van der Waals surface area contributed by atoms with E-state index in [1.807, 2.05) is 0 Å². The quantitative estimate of drug-likeness (QED) is 0.803. The van der Waals surface area contributed by atoms with E-state index in [1.54, 1.807) is 13.1 Å². The standard InChI is InChI=1S/C17H20FNO4/c1-19-13-9-11(23-10-14(20)22-2)8-12(18)15(13)17(16(19)21)6-4-3-5-7-17/h8-9H,3-7,10H2,1-2H3. The monoisotopic (exact) mass is 321 g/mol. The van der Waals surface area contributed by atoms with Gasteiger partial charge in [-0.1, -0.05) is 19.3 Å². The molecule has 0 radical (unpaired) electrons. The molecule has 0 N–H and O–H groups in total. The number of rotatable bonds is 3. The van der Waals surface area contributed by atoms with Gasteiger partial charge in [-0.3, -0.25) is 4.79 Å². The van der Waals surface area contributed by atoms with E-state index < -0.39 is 17.2 Å². The molecule has 1 aliphatic carbocycles. The molecule has 3 rings (SSSR count). The molecule has 1 aliphatic heterocycles. The van der Waals surface area contributed by atoms with Crippen LogP contribution in [0.3, 0.4) is 0 Å². The van der Waals surface area contributed by atoms with Crippen molar-refractivity contribution in [2.45, 2.75) is 37.5 Å². The van der Waals surface area contributed by atoms with Gasteiger partial charge in [0.15, 0.2) is 6.61 Å². The molecular formula is C17H20FNO4. The fourth-order valence-corrected chi connectivity index (χ4v) is 3.75. The Morgan fingerprint density at radius 3 is 2.65 bits per heavy atom. The highest BCUT2D eigenvalue weighted by Gasteiger charge is 2.51. The summed E-state index contributed by atoms with van der Waals surface area (Å²) < 4.78 is 24.5. The van der Waals surface area contributed by atoms with Gasteiger partial charge in [0.05, 0.1) is 18.2 Å². The molecule has 0 bridgehead atoms. The Labute approximate surface area is 134 Å². The summed E-state index contributed by atoms with van der Waals surface area (Å²) in [4.78, 5) is 25.4. The number of methoxy groups -OCH3 is 1. The average Bonchev–Trinajstić information content (AvgIpc) is 2.76. The van der Waals surface area contributed by atoms with E-state index >= 15 is 0 Å². The van der Waals surface area contributed by atoms with Crippen molar-refractivity contribution in [2.75, 3.05) is 25.7 Å². The minimum Gasteiger partial charge on any atom is -0.482 e. The fraction of sp³-hybridized carbons (Fsp3) is 0.529. The number of ether oxygens (including phenoxy) is 2. The van der Waals surface area contributed by atoms with Crippen LogP contribution in [0, 0.1) is 5.82 Å². The topological polar surface area (TPSA) is 55.8 Å². The lowest BCUT2D eigenvalue weighted by Crippen LogP contribution is -2.40. The summed E-state index contributed by atoms with van der Waals surface area (Å²) in [6.07, 6.45) is 4.30. The molecule has 1 saturated carbocycles. The van der Waals surface area contributed by atoms with Gasteiger partial charge < -0.3 is 14.4 Å². The van der Waals surface area contributed by atoms with E-state index in [-0.39, 0.29) is 18.3 Å². The van der Waals surface area contributed by atoms with Gasteiger partial charge in [-0.2, -0.15) is 0 Å². The van der Waals surface area contributed by atoms with Crippen LogP contribution in [0.5, 0.6) is 5.75 Å². The number of fused-ring (bicyclic) bond motifs is 2. The predicted octanol–water partition coefficient (Wildman–Crippen LogP) is 2.56. The number of likely N-dealkylation sites (N-methyl/N-ethyl adjacent to an activating group) is 1. The van der Waals surface area contributed by atoms with Gasteiger partial charge in [-0.05, 0) is 12.8 Å². The molecule has 124 valence electrons. The van der Waals surface area contributed by atoms with Gasteiger partial charge >= 0.3 is 5.97 Å². The minimum absolute atomic E-state index is 0.0452. The average molecular weight is 321 g/mol. The zero-order chi connectivity index (χ0) is 16.6. The molecule has 1 heterocycles. The number of hydrogen-bond donors (Lipinski definition) is 0. The first-order valence-corrected chi connectivity index (χ1v) is 7.81. The molecule has 5 nitrogen and oxygen atoms in total. The molecule has 6 heteroatoms. The molecule has 1 aromatic carbocycles. The normalized spacial score (nSPS) is 18.9. The highest BCUT2D eigenvalue weighted by molar-refractivity contribution is 6.08. The third kappa shape index (κ3) is 2.46. The Balaban J connectivity index is 1.98. The summed E-state index contributed by atoms with van der Waals surface area (Å²) in [6.45, 7) is -0.294. The molecular weight excluding hydrogens is 301 g/mol. The number of nitrogens with zero attached hydrogens (tertiary/aromatic N) is 1. The smallest absolute Gasteiger partial charge is 0.343 e. The molecule has 0 atom stereocenters. The molecule has 23 heavy (non-hydrogen) atoms. The highest BCUT2D eigenvalue weighted by atomic mass is 19.1. The maximum Gasteiger partial charge on any atom is 0.343 e. The Bertz CT molecular complexity index is 652. The summed E-state index contributed by atoms with van der Waals surface area (Å²) in [6, 6.07) is 2.88. The Morgan fingerprint density at radius 1 is 1.30 bits per heavy atom. The summed E-state index contributed by atoms with van der Waals surface area (Å²) in [5, 5.41) is 0. The lowest BCUT2D eigenvalue weighted by atomic mass is 9.70. The number of amides is 1. The van der Waals surface area contributed by atoms with Crippen molar-refractivity contribution in [3.8, 4) is 5.75 Å². The van der Waals surface area contributed by atoms with Gasteiger partial charge in [0, 0.05) is 24.7 Å². The lowest BCUT2D eigenvalue weighted by Gasteiger charge is -2.32. The van der Waals surface area contributed by atoms with Crippen molar-refractivity contribution in [2.24, 2.45) is 0 Å². The van der Waals surface area contributed by atoms with Crippen molar-refractivity contribution >= 4 is 17.6 Å². The van der Waals surface area contributed by atoms with Crippen LogP contribution in [0.15, 0.2) is 12.1 Å². The zero-order valence-corrected chi connectivity index (χ0v) is 13.4. The fourth-order valence-electron chi connectivity index (χ4n) is 3.75. The summed E-state index contributed by atoms with van der Waals surface area (Å²) >= 11 is 0. The summed E-state index contributed by atoms with van der Waals surface area (Å²) in [7, 11) is 2.92. The van der Waals surface area contributed by atoms with E-state index in [9.17, 15) is 14.0 Å². The first-order chi connectivity index (χ1) is 11.0. The molecule has 0 aromatic heterocycles. The second kappa shape index (κ2) is 5.83. The van der Waals surface area contributed by atoms with E-state index in [4.69, 9.17) is 4.74 Å². The number of esters is 1. The van der Waals surface area contributed by atoms with Gasteiger partial charge in [0.1, 0.15) is 11.6 Å². The third-order valence-corrected chi connectivity index (χ3v) is 4.89. The Morgan fingerprint density at radius 2 is 2.00 bits per heavy atom. The van der Waals surface area contributed by atoms with Crippen molar-refractivity contribution in [3.05, 3.63) is 23.5 Å². The molecule has 1 spiro atoms. The summed E-state index contributed by atoms with van der Waals surface area (Å²) in [5.41, 5.74) is 0.291. The molecule has 1 aromatic rings. The maximum atomic E-state index is 14.8. The van der Waals surface area contributed by atoms with Crippen LogP contribution in [0.1, 0.15) is 37.7 Å². The number of benzene rings is 1. The van der Waals surface area contributed by atoms with E-state index in [0.29, 0.717) is 24.1 Å². The van der Waals surface area contributed by atoms with Crippen LogP contribution in [0.25, 0.3) is 0 Å². The SMILES string of the molecule is COC(=O)COc1cc(F)c2c(c1)N(C)C(=O)C21CCCCC1. The zero-order valence-electron chi connectivity index (χ0n) is 13.4. The number of carbonyl (C=O) groups is 2. The van der Waals surface area contributed by atoms with E-state index in [1.165, 1.54) is 18.1 Å². The van der Waals surface area contributed by atoms with Crippen LogP contribution >= 0.6 is 0 Å². The van der Waals surface area contributed by atoms with Crippen molar-refractivity contribution in [1.29, 1.82) is 0 Å². The van der Waals surface area contributed by atoms with Crippen LogP contribution in [-0.4, -0.2) is 32.6 Å². The maximum absolute atomic E-state index is 14.8. The van der Waals surface area contributed by atoms with Crippen molar-refractivity contribution < 1.29 is 23.5 Å². The van der Waals surface area contributed by atoms with Crippen LogP contribution in [0.2, 0.25) is 0 Å². The largest absolute Gasteiger partial charge is 0.482 e. The van der Waals surface area contributed by atoms with E-state index in [0.717, 1.165) is 19.3 Å². The number of hydrogen-bond acceptors (Lipinski definition) is 4. The number of halogens is 1. The second-order valence-electron chi connectivity index (χ2n) is 6.17. The first-order valence-electron chi connectivity index (χ1n) is 7.81. The third-order valence-electron chi connectivity index (χ3n) is 4.89. The van der Waals surface area contributed by atoms with Crippen molar-refractivity contribution in [3.63, 3.8) is 0 Å². The number of carbonyl (C=O) groups excluding carboxylic acids is 2. The van der Waals surface area contributed by atoms with Crippen LogP contribution < -0.4 is 9.64 Å². The molecule has 2 aliphatic rings. The van der Waals surface area contributed by atoms with Crippen molar-refractivity contribution in [1.82, 2.24) is 0 Å². The van der Waals surface area contributed by atoms with Crippen LogP contribution in [0.4, 0.5) is 10.1 Å². The minimum atomic E-state index is -0.729. The molecule has 1 amide bonds. The Kier molecular flexibility index (Phi) is 4.00. The van der Waals surface area contributed by atoms with Gasteiger partial charge in [0.2, 0.25) is 5.91 Å². The second-order valence-corrected chi connectivity index (χ2v) is 6.17. The Hall–Kier alpha value is -2.11. The van der Waals surface area contributed by atoms with Gasteiger partial charge in [0.25, 0.3) is 0 Å². The molecule has 0 saturated heterocycles. The van der Waals surface area contributed by atoms with E-state index in [2.05, 4.69) is 4.74 Å². The first kappa shape index (κ1) is 15.8. The molecule has 0 unspecified atom stereocenters. The number of anilines is 1. The molecule has 1 fully saturated rings. The highest BCUT2D eigenvalue weighted by Crippen LogP contribution is 2.51. The van der Waals surface area contributed by atoms with Gasteiger partial charge in [-0.15, -0.1) is 0 Å². The van der Waals surface area contributed by atoms with Gasteiger partial charge in [-0.25, -0.2) is 9.18 Å².